The molecule has 3 fully saturated rings. The number of benzene rings is 2. The summed E-state index contributed by atoms with van der Waals surface area (Å²) in [6, 6.07) is 15.5. The number of imide groups is 2. The summed E-state index contributed by atoms with van der Waals surface area (Å²) in [5.74, 6) is 0.140. The molecular weight excluding hydrogens is 670 g/mol. The summed E-state index contributed by atoms with van der Waals surface area (Å²) >= 11 is 0. The van der Waals surface area contributed by atoms with Crippen LogP contribution in [0.2, 0.25) is 0 Å². The van der Waals surface area contributed by atoms with Gasteiger partial charge in [-0.3, -0.25) is 29.6 Å². The number of piperazine rings is 1. The number of urea groups is 1. The molecule has 0 saturated carbocycles. The van der Waals surface area contributed by atoms with Crippen LogP contribution < -0.4 is 15.1 Å². The van der Waals surface area contributed by atoms with E-state index in [0.717, 1.165) is 91.3 Å². The van der Waals surface area contributed by atoms with Gasteiger partial charge < -0.3 is 14.4 Å². The molecule has 5 amide bonds. The van der Waals surface area contributed by atoms with Crippen molar-refractivity contribution in [1.29, 1.82) is 0 Å². The highest BCUT2D eigenvalue weighted by molar-refractivity contribution is 6.22. The second-order valence-corrected chi connectivity index (χ2v) is 14.6. The zero-order chi connectivity index (χ0) is 36.4. The fraction of sp³-hybridized carbons (Fsp3) is 0.350. The van der Waals surface area contributed by atoms with Gasteiger partial charge in [-0.25, -0.2) is 14.8 Å². The molecule has 0 bridgehead atoms. The highest BCUT2D eigenvalue weighted by Crippen LogP contribution is 2.34. The second kappa shape index (κ2) is 13.0. The molecule has 13 nitrogen and oxygen atoms in total. The number of carbonyl (C=O) groups excluding carboxylic acids is 4. The number of carbonyl (C=O) groups is 4. The average molecular weight is 712 g/mol. The minimum absolute atomic E-state index is 0.0152. The van der Waals surface area contributed by atoms with Gasteiger partial charge in [0.15, 0.2) is 0 Å². The van der Waals surface area contributed by atoms with Crippen molar-refractivity contribution in [2.75, 3.05) is 62.2 Å². The van der Waals surface area contributed by atoms with E-state index in [-0.39, 0.29) is 24.1 Å². The number of fused-ring (bicyclic) bond motifs is 4. The quantitative estimate of drug-likeness (QED) is 0.252. The highest BCUT2D eigenvalue weighted by Gasteiger charge is 2.43. The van der Waals surface area contributed by atoms with E-state index in [4.69, 9.17) is 4.98 Å². The van der Waals surface area contributed by atoms with Crippen molar-refractivity contribution >= 4 is 57.1 Å². The fourth-order valence-electron chi connectivity index (χ4n) is 8.55. The SMILES string of the molecule is Cc1cc(-c2ccc3c4cnccc4n(C)c3c2)cnc1N1CCN(CC2CCN(c3ccc4c(c3)C(=O)N(N3CCC(=O)NC3=O)C4=O)CC2)CC1. The summed E-state index contributed by atoms with van der Waals surface area (Å²) in [6.07, 6.45) is 7.91. The van der Waals surface area contributed by atoms with E-state index >= 15 is 0 Å². The second-order valence-electron chi connectivity index (χ2n) is 14.6. The van der Waals surface area contributed by atoms with Crippen LogP contribution in [-0.2, 0) is 11.8 Å². The Hall–Kier alpha value is -5.82. The number of amides is 5. The number of hydrogen-bond donors (Lipinski definition) is 1. The van der Waals surface area contributed by atoms with Gasteiger partial charge in [0.05, 0.1) is 23.2 Å². The molecule has 9 rings (SSSR count). The Bertz CT molecular complexity index is 2320. The molecule has 0 unspecified atom stereocenters. The molecule has 0 spiro atoms. The predicted octanol–water partition coefficient (Wildman–Crippen LogP) is 4.59. The normalized spacial score (nSPS) is 18.8. The number of aryl methyl sites for hydroxylation is 2. The Kier molecular flexibility index (Phi) is 8.10. The topological polar surface area (TPSA) is 127 Å². The minimum Gasteiger partial charge on any atom is -0.371 e. The van der Waals surface area contributed by atoms with Gasteiger partial charge in [-0.1, -0.05) is 12.1 Å². The number of hydrogen-bond acceptors (Lipinski definition) is 9. The van der Waals surface area contributed by atoms with E-state index in [0.29, 0.717) is 5.92 Å². The van der Waals surface area contributed by atoms with E-state index in [1.165, 1.54) is 27.4 Å². The van der Waals surface area contributed by atoms with E-state index in [2.05, 4.69) is 73.9 Å². The van der Waals surface area contributed by atoms with E-state index in [9.17, 15) is 19.2 Å². The van der Waals surface area contributed by atoms with Crippen molar-refractivity contribution in [3.63, 3.8) is 0 Å². The van der Waals surface area contributed by atoms with Crippen molar-refractivity contribution in [1.82, 2.24) is 34.8 Å². The molecule has 4 aliphatic rings. The van der Waals surface area contributed by atoms with Gasteiger partial charge in [0.25, 0.3) is 11.8 Å². The molecule has 7 heterocycles. The number of piperidine rings is 1. The standard InChI is InChI=1S/C40H41N9O4/c1-25-19-28(27-3-5-30-33-23-41-11-7-34(33)44(2)35(30)20-27)22-42-37(25)47-17-15-45(16-18-47)24-26-8-12-46(13-9-26)29-4-6-31-32(21-29)39(52)49(38(31)51)48-14-10-36(50)43-40(48)53/h3-7,11,19-23,26H,8-10,12-18,24H2,1-2H3,(H,43,50,53). The van der Waals surface area contributed by atoms with Crippen molar-refractivity contribution in [3.05, 3.63) is 83.8 Å². The van der Waals surface area contributed by atoms with Crippen molar-refractivity contribution in [2.45, 2.75) is 26.2 Å². The van der Waals surface area contributed by atoms with E-state index in [1.807, 2.05) is 24.7 Å². The lowest BCUT2D eigenvalue weighted by molar-refractivity contribution is -0.122. The Morgan fingerprint density at radius 3 is 2.32 bits per heavy atom. The first-order valence-corrected chi connectivity index (χ1v) is 18.4. The molecule has 3 aromatic heterocycles. The van der Waals surface area contributed by atoms with Crippen LogP contribution in [0.5, 0.6) is 0 Å². The largest absolute Gasteiger partial charge is 0.371 e. The van der Waals surface area contributed by atoms with Crippen LogP contribution in [0, 0.1) is 12.8 Å². The molecule has 53 heavy (non-hydrogen) atoms. The Morgan fingerprint density at radius 1 is 0.755 bits per heavy atom. The van der Waals surface area contributed by atoms with Gasteiger partial charge in [0.1, 0.15) is 5.82 Å². The van der Waals surface area contributed by atoms with Gasteiger partial charge in [0.2, 0.25) is 5.91 Å². The Labute approximate surface area is 306 Å². The first kappa shape index (κ1) is 33.0. The lowest BCUT2D eigenvalue weighted by atomic mass is 9.95. The molecule has 5 aromatic rings. The number of nitrogens with zero attached hydrogens (tertiary/aromatic N) is 8. The van der Waals surface area contributed by atoms with Crippen LogP contribution in [-0.4, -0.2) is 106 Å². The van der Waals surface area contributed by atoms with Crippen LogP contribution in [0.3, 0.4) is 0 Å². The lowest BCUT2D eigenvalue weighted by Gasteiger charge is -2.40. The molecule has 4 aliphatic heterocycles. The average Bonchev–Trinajstić information content (AvgIpc) is 3.60. The first-order chi connectivity index (χ1) is 25.7. The molecule has 1 N–H and O–H groups in total. The molecule has 0 radical (unpaired) electrons. The third-order valence-electron chi connectivity index (χ3n) is 11.5. The summed E-state index contributed by atoms with van der Waals surface area (Å²) in [5, 5.41) is 6.44. The molecule has 0 atom stereocenters. The van der Waals surface area contributed by atoms with Crippen LogP contribution in [0.15, 0.2) is 67.1 Å². The van der Waals surface area contributed by atoms with Gasteiger partial charge in [-0.2, -0.15) is 5.01 Å². The lowest BCUT2D eigenvalue weighted by Crippen LogP contribution is -2.58. The van der Waals surface area contributed by atoms with Gasteiger partial charge >= 0.3 is 6.03 Å². The molecular formula is C40H41N9O4. The molecule has 13 heteroatoms. The summed E-state index contributed by atoms with van der Waals surface area (Å²) in [7, 11) is 2.11. The van der Waals surface area contributed by atoms with Crippen molar-refractivity contribution < 1.29 is 19.2 Å². The fourth-order valence-corrected chi connectivity index (χ4v) is 8.55. The zero-order valence-electron chi connectivity index (χ0n) is 29.9. The van der Waals surface area contributed by atoms with Crippen LogP contribution in [0.1, 0.15) is 45.5 Å². The molecule has 0 aliphatic carbocycles. The monoisotopic (exact) mass is 711 g/mol. The molecule has 270 valence electrons. The number of anilines is 2. The third-order valence-corrected chi connectivity index (χ3v) is 11.5. The zero-order valence-corrected chi connectivity index (χ0v) is 29.9. The number of pyridine rings is 2. The Morgan fingerprint density at radius 2 is 1.55 bits per heavy atom. The molecule has 2 aromatic carbocycles. The van der Waals surface area contributed by atoms with Crippen LogP contribution >= 0.6 is 0 Å². The first-order valence-electron chi connectivity index (χ1n) is 18.4. The number of hydrazine groups is 1. The van der Waals surface area contributed by atoms with Crippen molar-refractivity contribution in [2.24, 2.45) is 13.0 Å². The van der Waals surface area contributed by atoms with E-state index in [1.54, 1.807) is 12.1 Å². The highest BCUT2D eigenvalue weighted by atomic mass is 16.2. The van der Waals surface area contributed by atoms with Gasteiger partial charge in [0, 0.05) is 105 Å². The maximum Gasteiger partial charge on any atom is 0.343 e. The third kappa shape index (κ3) is 5.75. The molecule has 3 saturated heterocycles. The maximum absolute atomic E-state index is 13.3. The summed E-state index contributed by atoms with van der Waals surface area (Å²) in [4.78, 5) is 66.9. The Balaban J connectivity index is 0.788. The smallest absolute Gasteiger partial charge is 0.343 e. The minimum atomic E-state index is -0.759. The summed E-state index contributed by atoms with van der Waals surface area (Å²) in [5.41, 5.74) is 7.28. The number of nitrogens with one attached hydrogen (secondary N) is 1. The number of rotatable bonds is 6. The number of aromatic nitrogens is 3. The van der Waals surface area contributed by atoms with Crippen molar-refractivity contribution in [3.8, 4) is 11.1 Å². The van der Waals surface area contributed by atoms with Gasteiger partial charge in [-0.15, -0.1) is 0 Å². The summed E-state index contributed by atoms with van der Waals surface area (Å²) in [6.45, 7) is 8.82. The van der Waals surface area contributed by atoms with Gasteiger partial charge in [-0.05, 0) is 73.2 Å². The summed E-state index contributed by atoms with van der Waals surface area (Å²) < 4.78 is 2.23. The van der Waals surface area contributed by atoms with Crippen LogP contribution in [0.4, 0.5) is 16.3 Å². The van der Waals surface area contributed by atoms with Crippen LogP contribution in [0.25, 0.3) is 32.9 Å². The maximum atomic E-state index is 13.3. The predicted molar refractivity (Wildman–Crippen MR) is 202 cm³/mol. The van der Waals surface area contributed by atoms with E-state index < -0.39 is 23.8 Å².